The fourth-order valence-corrected chi connectivity index (χ4v) is 2.47. The van der Waals surface area contributed by atoms with Crippen molar-refractivity contribution in [3.8, 4) is 0 Å². The van der Waals surface area contributed by atoms with E-state index in [4.69, 9.17) is 23.2 Å². The molecule has 0 aliphatic carbocycles. The third-order valence-corrected chi connectivity index (χ3v) is 3.54. The number of carbonyl (C=O) groups excluding carboxylic acids is 1. The lowest BCUT2D eigenvalue weighted by Gasteiger charge is -2.13. The molecular formula is C11H9Cl2F3OS. The molecule has 0 unspecified atom stereocenters. The van der Waals surface area contributed by atoms with Crippen LogP contribution in [-0.2, 0) is 17.1 Å². The predicted octanol–water partition coefficient (Wildman–Crippen LogP) is 4.39. The van der Waals surface area contributed by atoms with Crippen molar-refractivity contribution in [2.45, 2.75) is 22.7 Å². The van der Waals surface area contributed by atoms with E-state index in [0.717, 1.165) is 0 Å². The second kappa shape index (κ2) is 6.68. The number of Topliss-reactive ketones (excluding diaryl/α,β-unsaturated/α-hetero) is 1. The largest absolute Gasteiger partial charge is 0.446 e. The zero-order chi connectivity index (χ0) is 13.8. The van der Waals surface area contributed by atoms with Crippen LogP contribution in [0.25, 0.3) is 0 Å². The number of carbonyl (C=O) groups is 1. The summed E-state index contributed by atoms with van der Waals surface area (Å²) in [5.74, 6) is -0.512. The van der Waals surface area contributed by atoms with Crippen molar-refractivity contribution in [3.63, 3.8) is 0 Å². The van der Waals surface area contributed by atoms with Crippen molar-refractivity contribution in [2.75, 3.05) is 5.88 Å². The molecule has 0 amide bonds. The molecule has 0 atom stereocenters. The lowest BCUT2D eigenvalue weighted by Crippen LogP contribution is -2.09. The van der Waals surface area contributed by atoms with E-state index >= 15 is 0 Å². The molecule has 100 valence electrons. The first-order valence-corrected chi connectivity index (χ1v) is 6.76. The Morgan fingerprint density at radius 2 is 1.94 bits per heavy atom. The monoisotopic (exact) mass is 316 g/mol. The highest BCUT2D eigenvalue weighted by atomic mass is 35.5. The second-order valence-corrected chi connectivity index (χ2v) is 5.07. The Morgan fingerprint density at radius 1 is 1.28 bits per heavy atom. The van der Waals surface area contributed by atoms with E-state index in [-0.39, 0.29) is 40.6 Å². The number of halogens is 5. The number of rotatable bonds is 5. The van der Waals surface area contributed by atoms with Crippen LogP contribution in [0.5, 0.6) is 0 Å². The molecule has 0 aliphatic rings. The molecule has 0 saturated carbocycles. The molecule has 0 aromatic heterocycles. The minimum absolute atomic E-state index is 0.000818. The molecule has 0 saturated heterocycles. The summed E-state index contributed by atoms with van der Waals surface area (Å²) in [5, 5.41) is 0. The molecule has 0 fully saturated rings. The smallest absolute Gasteiger partial charge is 0.298 e. The van der Waals surface area contributed by atoms with Crippen molar-refractivity contribution in [3.05, 3.63) is 29.3 Å². The summed E-state index contributed by atoms with van der Waals surface area (Å²) >= 11 is 10.8. The normalized spacial score (nSPS) is 11.6. The number of thioether (sulfide) groups is 1. The lowest BCUT2D eigenvalue weighted by molar-refractivity contribution is -0.116. The molecule has 1 aromatic carbocycles. The quantitative estimate of drug-likeness (QED) is 0.592. The van der Waals surface area contributed by atoms with Crippen LogP contribution in [-0.4, -0.2) is 17.2 Å². The Bertz CT molecular complexity index is 435. The molecule has 1 rings (SSSR count). The van der Waals surface area contributed by atoms with Gasteiger partial charge in [0, 0.05) is 17.2 Å². The van der Waals surface area contributed by atoms with E-state index in [1.807, 2.05) is 0 Å². The van der Waals surface area contributed by atoms with E-state index in [1.165, 1.54) is 12.1 Å². The van der Waals surface area contributed by atoms with Crippen LogP contribution < -0.4 is 0 Å². The summed E-state index contributed by atoms with van der Waals surface area (Å²) < 4.78 is 37.2. The van der Waals surface area contributed by atoms with E-state index < -0.39 is 5.51 Å². The van der Waals surface area contributed by atoms with Gasteiger partial charge in [-0.05, 0) is 29.0 Å². The third-order valence-electron chi connectivity index (χ3n) is 2.12. The SMILES string of the molecule is O=C(CCl)Cc1c(CCl)cccc1SC(F)(F)F. The minimum Gasteiger partial charge on any atom is -0.298 e. The maximum atomic E-state index is 12.4. The van der Waals surface area contributed by atoms with Crippen LogP contribution in [0.3, 0.4) is 0 Å². The summed E-state index contributed by atoms with van der Waals surface area (Å²) in [7, 11) is 0. The van der Waals surface area contributed by atoms with Gasteiger partial charge >= 0.3 is 5.51 Å². The lowest BCUT2D eigenvalue weighted by atomic mass is 10.0. The standard InChI is InChI=1S/C11H9Cl2F3OS/c12-5-7-2-1-3-10(18-11(14,15)16)9(7)4-8(17)6-13/h1-3H,4-6H2. The van der Waals surface area contributed by atoms with Crippen LogP contribution in [0.15, 0.2) is 23.1 Å². The number of benzene rings is 1. The maximum absolute atomic E-state index is 12.4. The Hall–Kier alpha value is -0.390. The van der Waals surface area contributed by atoms with Crippen molar-refractivity contribution in [2.24, 2.45) is 0 Å². The van der Waals surface area contributed by atoms with Crippen LogP contribution >= 0.6 is 35.0 Å². The summed E-state index contributed by atoms with van der Waals surface area (Å²) in [6.07, 6.45) is -0.134. The van der Waals surface area contributed by atoms with Gasteiger partial charge in [-0.2, -0.15) is 13.2 Å². The number of hydrogen-bond acceptors (Lipinski definition) is 2. The summed E-state index contributed by atoms with van der Waals surface area (Å²) in [6, 6.07) is 4.41. The molecule has 18 heavy (non-hydrogen) atoms. The van der Waals surface area contributed by atoms with Gasteiger partial charge in [0.2, 0.25) is 0 Å². The zero-order valence-corrected chi connectivity index (χ0v) is 11.4. The fraction of sp³-hybridized carbons (Fsp3) is 0.364. The van der Waals surface area contributed by atoms with E-state index in [0.29, 0.717) is 11.1 Å². The molecule has 1 nitrogen and oxygen atoms in total. The Labute approximate surface area is 117 Å². The third kappa shape index (κ3) is 4.71. The predicted molar refractivity (Wildman–Crippen MR) is 67.3 cm³/mol. The van der Waals surface area contributed by atoms with Gasteiger partial charge in [0.15, 0.2) is 5.78 Å². The number of ketones is 1. The Morgan fingerprint density at radius 3 is 2.44 bits per heavy atom. The molecule has 0 radical (unpaired) electrons. The highest BCUT2D eigenvalue weighted by Gasteiger charge is 2.31. The summed E-state index contributed by atoms with van der Waals surface area (Å²) in [5.41, 5.74) is -3.58. The molecule has 0 bridgehead atoms. The van der Waals surface area contributed by atoms with Crippen molar-refractivity contribution in [1.82, 2.24) is 0 Å². The van der Waals surface area contributed by atoms with Crippen molar-refractivity contribution >= 4 is 40.7 Å². The summed E-state index contributed by atoms with van der Waals surface area (Å²) in [4.78, 5) is 11.3. The first kappa shape index (κ1) is 15.7. The minimum atomic E-state index is -4.40. The molecule has 0 spiro atoms. The van der Waals surface area contributed by atoms with Gasteiger partial charge in [-0.25, -0.2) is 0 Å². The highest BCUT2D eigenvalue weighted by Crippen LogP contribution is 2.39. The Kier molecular flexibility index (Phi) is 5.82. The second-order valence-electron chi connectivity index (χ2n) is 3.42. The maximum Gasteiger partial charge on any atom is 0.446 e. The van der Waals surface area contributed by atoms with Crippen LogP contribution in [0.2, 0.25) is 0 Å². The number of hydrogen-bond donors (Lipinski definition) is 0. The van der Waals surface area contributed by atoms with Crippen molar-refractivity contribution < 1.29 is 18.0 Å². The average molecular weight is 317 g/mol. The van der Waals surface area contributed by atoms with Gasteiger partial charge in [0.25, 0.3) is 0 Å². The molecule has 0 N–H and O–H groups in total. The van der Waals surface area contributed by atoms with Gasteiger partial charge < -0.3 is 0 Å². The van der Waals surface area contributed by atoms with E-state index in [2.05, 4.69) is 0 Å². The zero-order valence-electron chi connectivity index (χ0n) is 9.06. The first-order valence-electron chi connectivity index (χ1n) is 4.87. The van der Waals surface area contributed by atoms with E-state index in [9.17, 15) is 18.0 Å². The average Bonchev–Trinajstić information content (AvgIpc) is 2.29. The van der Waals surface area contributed by atoms with Gasteiger partial charge in [0.05, 0.1) is 5.88 Å². The molecule has 1 aromatic rings. The van der Waals surface area contributed by atoms with Crippen LogP contribution in [0, 0.1) is 0 Å². The fourth-order valence-electron chi connectivity index (χ4n) is 1.40. The van der Waals surface area contributed by atoms with Crippen LogP contribution in [0.4, 0.5) is 13.2 Å². The van der Waals surface area contributed by atoms with Gasteiger partial charge in [-0.15, -0.1) is 23.2 Å². The van der Waals surface area contributed by atoms with Gasteiger partial charge in [-0.1, -0.05) is 12.1 Å². The summed E-state index contributed by atoms with van der Waals surface area (Å²) in [6.45, 7) is 0. The van der Waals surface area contributed by atoms with Crippen LogP contribution in [0.1, 0.15) is 11.1 Å². The van der Waals surface area contributed by atoms with Gasteiger partial charge in [-0.3, -0.25) is 4.79 Å². The topological polar surface area (TPSA) is 17.1 Å². The molecule has 0 aliphatic heterocycles. The first-order chi connectivity index (χ1) is 8.37. The van der Waals surface area contributed by atoms with E-state index in [1.54, 1.807) is 6.07 Å². The highest BCUT2D eigenvalue weighted by molar-refractivity contribution is 8.00. The molecule has 7 heteroatoms. The molecular weight excluding hydrogens is 308 g/mol. The number of alkyl halides is 5. The Balaban J connectivity index is 3.12. The van der Waals surface area contributed by atoms with Gasteiger partial charge in [0.1, 0.15) is 0 Å². The molecule has 0 heterocycles. The van der Waals surface area contributed by atoms with Crippen molar-refractivity contribution in [1.29, 1.82) is 0 Å².